The fourth-order valence-electron chi connectivity index (χ4n) is 3.26. The molecule has 7 nitrogen and oxygen atoms in total. The summed E-state index contributed by atoms with van der Waals surface area (Å²) in [6, 6.07) is 0. The molecule has 1 aromatic heterocycles. The summed E-state index contributed by atoms with van der Waals surface area (Å²) in [6.45, 7) is 4.75. The SMILES string of the molecule is Cc1cnc(N2CC[C@@H]3[C@@H](CO[C@H]3CNS(C)(=O)=O)C2)nc1. The lowest BCUT2D eigenvalue weighted by Crippen LogP contribution is -2.44. The van der Waals surface area contributed by atoms with Crippen LogP contribution >= 0.6 is 0 Å². The summed E-state index contributed by atoms with van der Waals surface area (Å²) in [5.74, 6) is 1.57. The quantitative estimate of drug-likeness (QED) is 0.849. The van der Waals surface area contributed by atoms with E-state index in [9.17, 15) is 8.42 Å². The van der Waals surface area contributed by atoms with Gasteiger partial charge in [-0.1, -0.05) is 0 Å². The van der Waals surface area contributed by atoms with Crippen molar-refractivity contribution in [1.29, 1.82) is 0 Å². The van der Waals surface area contributed by atoms with E-state index >= 15 is 0 Å². The van der Waals surface area contributed by atoms with Crippen molar-refractivity contribution in [1.82, 2.24) is 14.7 Å². The van der Waals surface area contributed by atoms with Crippen molar-refractivity contribution >= 4 is 16.0 Å². The van der Waals surface area contributed by atoms with Gasteiger partial charge in [0.05, 0.1) is 19.0 Å². The van der Waals surface area contributed by atoms with Crippen LogP contribution in [0.2, 0.25) is 0 Å². The lowest BCUT2D eigenvalue weighted by Gasteiger charge is -2.35. The zero-order chi connectivity index (χ0) is 15.7. The van der Waals surface area contributed by atoms with E-state index in [0.717, 1.165) is 31.0 Å². The van der Waals surface area contributed by atoms with Crippen LogP contribution in [0.25, 0.3) is 0 Å². The largest absolute Gasteiger partial charge is 0.376 e. The van der Waals surface area contributed by atoms with Crippen LogP contribution in [0.15, 0.2) is 12.4 Å². The second-order valence-corrected chi connectivity index (χ2v) is 8.04. The molecule has 0 unspecified atom stereocenters. The second kappa shape index (κ2) is 6.10. The molecule has 122 valence electrons. The van der Waals surface area contributed by atoms with Gasteiger partial charge in [0.2, 0.25) is 16.0 Å². The van der Waals surface area contributed by atoms with Crippen molar-refractivity contribution in [2.75, 3.05) is 37.4 Å². The summed E-state index contributed by atoms with van der Waals surface area (Å²) in [5.41, 5.74) is 1.05. The molecule has 1 N–H and O–H groups in total. The predicted octanol–water partition coefficient (Wildman–Crippen LogP) is 0.176. The number of hydrogen-bond acceptors (Lipinski definition) is 6. The number of piperidine rings is 1. The molecule has 3 rings (SSSR count). The summed E-state index contributed by atoms with van der Waals surface area (Å²) < 4.78 is 30.8. The zero-order valence-corrected chi connectivity index (χ0v) is 13.7. The Morgan fingerprint density at radius 3 is 2.82 bits per heavy atom. The molecule has 0 radical (unpaired) electrons. The minimum absolute atomic E-state index is 0.0270. The Hall–Kier alpha value is -1.25. The lowest BCUT2D eigenvalue weighted by atomic mass is 9.84. The van der Waals surface area contributed by atoms with Gasteiger partial charge in [-0.05, 0) is 24.8 Å². The summed E-state index contributed by atoms with van der Waals surface area (Å²) in [7, 11) is -3.17. The Bertz CT molecular complexity index is 619. The molecule has 0 aromatic carbocycles. The van der Waals surface area contributed by atoms with E-state index in [4.69, 9.17) is 4.74 Å². The van der Waals surface area contributed by atoms with Crippen LogP contribution < -0.4 is 9.62 Å². The van der Waals surface area contributed by atoms with Gasteiger partial charge in [0.15, 0.2) is 0 Å². The summed E-state index contributed by atoms with van der Waals surface area (Å²) in [4.78, 5) is 11.0. The minimum atomic E-state index is -3.17. The highest BCUT2D eigenvalue weighted by atomic mass is 32.2. The van der Waals surface area contributed by atoms with Gasteiger partial charge < -0.3 is 9.64 Å². The van der Waals surface area contributed by atoms with Gasteiger partial charge in [-0.3, -0.25) is 0 Å². The fraction of sp³-hybridized carbons (Fsp3) is 0.714. The number of aryl methyl sites for hydroxylation is 1. The van der Waals surface area contributed by atoms with Crippen molar-refractivity contribution in [3.05, 3.63) is 18.0 Å². The van der Waals surface area contributed by atoms with Gasteiger partial charge in [0.1, 0.15) is 0 Å². The van der Waals surface area contributed by atoms with E-state index < -0.39 is 10.0 Å². The number of nitrogens with one attached hydrogen (secondary N) is 1. The number of sulfonamides is 1. The highest BCUT2D eigenvalue weighted by Gasteiger charge is 2.41. The number of anilines is 1. The molecular weight excluding hydrogens is 304 g/mol. The molecule has 2 saturated heterocycles. The molecule has 8 heteroatoms. The predicted molar refractivity (Wildman–Crippen MR) is 83.2 cm³/mol. The second-order valence-electron chi connectivity index (χ2n) is 6.21. The molecule has 0 bridgehead atoms. The van der Waals surface area contributed by atoms with Crippen LogP contribution in [0.1, 0.15) is 12.0 Å². The first-order valence-electron chi connectivity index (χ1n) is 7.52. The van der Waals surface area contributed by atoms with Gasteiger partial charge in [-0.15, -0.1) is 0 Å². The van der Waals surface area contributed by atoms with Crippen LogP contribution in [0.3, 0.4) is 0 Å². The first-order chi connectivity index (χ1) is 10.4. The molecule has 2 aliphatic heterocycles. The number of ether oxygens (including phenoxy) is 1. The lowest BCUT2D eigenvalue weighted by molar-refractivity contribution is 0.0930. The molecule has 0 saturated carbocycles. The summed E-state index contributed by atoms with van der Waals surface area (Å²) >= 11 is 0. The molecule has 3 atom stereocenters. The third-order valence-electron chi connectivity index (χ3n) is 4.39. The van der Waals surface area contributed by atoms with E-state index in [1.165, 1.54) is 6.26 Å². The topological polar surface area (TPSA) is 84.4 Å². The highest BCUT2D eigenvalue weighted by molar-refractivity contribution is 7.88. The maximum atomic E-state index is 11.2. The molecule has 1 aromatic rings. The Labute approximate surface area is 131 Å². The van der Waals surface area contributed by atoms with Crippen LogP contribution in [0.5, 0.6) is 0 Å². The Balaban J connectivity index is 1.60. The van der Waals surface area contributed by atoms with Gasteiger partial charge in [-0.2, -0.15) is 0 Å². The Morgan fingerprint density at radius 1 is 1.41 bits per heavy atom. The average Bonchev–Trinajstić information content (AvgIpc) is 2.87. The monoisotopic (exact) mass is 326 g/mol. The third-order valence-corrected chi connectivity index (χ3v) is 5.08. The molecule has 0 aliphatic carbocycles. The van der Waals surface area contributed by atoms with Gasteiger partial charge >= 0.3 is 0 Å². The Morgan fingerprint density at radius 2 is 2.14 bits per heavy atom. The van der Waals surface area contributed by atoms with E-state index in [-0.39, 0.29) is 6.10 Å². The maximum absolute atomic E-state index is 11.2. The first-order valence-corrected chi connectivity index (χ1v) is 9.41. The third kappa shape index (κ3) is 3.56. The van der Waals surface area contributed by atoms with E-state index in [2.05, 4.69) is 19.6 Å². The maximum Gasteiger partial charge on any atom is 0.225 e. The number of fused-ring (bicyclic) bond motifs is 1. The van der Waals surface area contributed by atoms with Crippen molar-refractivity contribution in [2.24, 2.45) is 11.8 Å². The van der Waals surface area contributed by atoms with Gasteiger partial charge in [-0.25, -0.2) is 23.1 Å². The minimum Gasteiger partial charge on any atom is -0.376 e. The average molecular weight is 326 g/mol. The summed E-state index contributed by atoms with van der Waals surface area (Å²) in [5, 5.41) is 0. The fourth-order valence-corrected chi connectivity index (χ4v) is 3.73. The molecule has 22 heavy (non-hydrogen) atoms. The first kappa shape index (κ1) is 15.6. The van der Waals surface area contributed by atoms with Crippen LogP contribution in [0.4, 0.5) is 5.95 Å². The summed E-state index contributed by atoms with van der Waals surface area (Å²) in [6.07, 6.45) is 5.78. The van der Waals surface area contributed by atoms with Crippen molar-refractivity contribution in [3.8, 4) is 0 Å². The normalized spacial score (nSPS) is 28.6. The van der Waals surface area contributed by atoms with Crippen LogP contribution in [-0.4, -0.2) is 57.0 Å². The van der Waals surface area contributed by atoms with E-state index in [1.54, 1.807) is 0 Å². The number of aromatic nitrogens is 2. The van der Waals surface area contributed by atoms with E-state index in [0.29, 0.717) is 25.0 Å². The molecule has 2 aliphatic rings. The molecule has 0 spiro atoms. The van der Waals surface area contributed by atoms with Crippen molar-refractivity contribution in [3.63, 3.8) is 0 Å². The molecular formula is C14H22N4O3S. The van der Waals surface area contributed by atoms with Gasteiger partial charge in [0.25, 0.3) is 0 Å². The highest BCUT2D eigenvalue weighted by Crippen LogP contribution is 2.35. The Kier molecular flexibility index (Phi) is 4.33. The van der Waals surface area contributed by atoms with Crippen LogP contribution in [-0.2, 0) is 14.8 Å². The standard InChI is InChI=1S/C14H22N4O3S/c1-10-5-15-14(16-6-10)18-4-3-12-11(8-18)9-21-13(12)7-17-22(2,19)20/h5-6,11-13,17H,3-4,7-9H2,1-2H3/t11-,12-,13+/m1/s1. The zero-order valence-electron chi connectivity index (χ0n) is 12.9. The van der Waals surface area contributed by atoms with E-state index in [1.807, 2.05) is 19.3 Å². The molecule has 0 amide bonds. The molecule has 3 heterocycles. The van der Waals surface area contributed by atoms with Crippen molar-refractivity contribution < 1.29 is 13.2 Å². The van der Waals surface area contributed by atoms with Crippen LogP contribution in [0, 0.1) is 18.8 Å². The number of hydrogen-bond donors (Lipinski definition) is 1. The van der Waals surface area contributed by atoms with Crippen molar-refractivity contribution in [2.45, 2.75) is 19.4 Å². The molecule has 2 fully saturated rings. The van der Waals surface area contributed by atoms with Gasteiger partial charge in [0, 0.05) is 37.9 Å². The smallest absolute Gasteiger partial charge is 0.225 e. The number of rotatable bonds is 4. The number of nitrogens with zero attached hydrogens (tertiary/aromatic N) is 3.